The number of nitrogens with zero attached hydrogens (tertiary/aromatic N) is 4. The van der Waals surface area contributed by atoms with Crippen molar-refractivity contribution in [2.75, 3.05) is 32.1 Å². The molecule has 0 bridgehead atoms. The van der Waals surface area contributed by atoms with Crippen molar-refractivity contribution in [1.29, 1.82) is 0 Å². The van der Waals surface area contributed by atoms with E-state index in [9.17, 15) is 9.90 Å². The zero-order valence-corrected chi connectivity index (χ0v) is 12.4. The van der Waals surface area contributed by atoms with E-state index < -0.39 is 5.97 Å². The number of fused-ring (bicyclic) bond motifs is 1. The van der Waals surface area contributed by atoms with Gasteiger partial charge in [-0.2, -0.15) is 0 Å². The van der Waals surface area contributed by atoms with Crippen LogP contribution < -0.4 is 4.90 Å². The van der Waals surface area contributed by atoms with E-state index in [1.54, 1.807) is 10.6 Å². The van der Waals surface area contributed by atoms with Gasteiger partial charge in [0, 0.05) is 31.2 Å². The summed E-state index contributed by atoms with van der Waals surface area (Å²) in [7, 11) is 4.05. The third-order valence-electron chi connectivity index (χ3n) is 3.93. The van der Waals surface area contributed by atoms with Crippen LogP contribution in [-0.2, 0) is 0 Å². The van der Waals surface area contributed by atoms with Crippen molar-refractivity contribution in [3.63, 3.8) is 0 Å². The zero-order chi connectivity index (χ0) is 14.3. The number of likely N-dealkylation sites (tertiary alicyclic amines) is 1. The number of imidazole rings is 1. The molecule has 1 fully saturated rings. The average Bonchev–Trinajstić information content (AvgIpc) is 2.96. The summed E-state index contributed by atoms with van der Waals surface area (Å²) in [5.41, 5.74) is 0.261. The summed E-state index contributed by atoms with van der Waals surface area (Å²) in [5, 5.41) is 11.3. The number of thiazole rings is 1. The van der Waals surface area contributed by atoms with Crippen LogP contribution >= 0.6 is 11.3 Å². The monoisotopic (exact) mass is 294 g/mol. The van der Waals surface area contributed by atoms with Crippen LogP contribution in [0.1, 0.15) is 23.3 Å². The van der Waals surface area contributed by atoms with Crippen LogP contribution in [0.15, 0.2) is 11.6 Å². The first-order valence-corrected chi connectivity index (χ1v) is 7.56. The van der Waals surface area contributed by atoms with Crippen molar-refractivity contribution in [2.45, 2.75) is 18.9 Å². The Labute approximate surface area is 121 Å². The van der Waals surface area contributed by atoms with Crippen molar-refractivity contribution < 1.29 is 9.90 Å². The lowest BCUT2D eigenvalue weighted by molar-refractivity contribution is 0.0690. The van der Waals surface area contributed by atoms with Crippen LogP contribution in [0.3, 0.4) is 0 Å². The molecule has 1 atom stereocenters. The molecule has 108 valence electrons. The fraction of sp³-hybridized carbons (Fsp3) is 0.538. The minimum Gasteiger partial charge on any atom is -0.476 e. The molecule has 3 rings (SSSR count). The minimum absolute atomic E-state index is 0.261. The van der Waals surface area contributed by atoms with Gasteiger partial charge in [0.15, 0.2) is 16.5 Å². The Morgan fingerprint density at radius 2 is 2.40 bits per heavy atom. The molecule has 20 heavy (non-hydrogen) atoms. The molecule has 0 amide bonds. The lowest BCUT2D eigenvalue weighted by Crippen LogP contribution is -2.45. The normalized spacial score (nSPS) is 20.4. The lowest BCUT2D eigenvalue weighted by atomic mass is 10.1. The molecule has 0 radical (unpaired) electrons. The van der Waals surface area contributed by atoms with Crippen LogP contribution in [0, 0.1) is 0 Å². The fourth-order valence-electron chi connectivity index (χ4n) is 2.85. The maximum Gasteiger partial charge on any atom is 0.356 e. The topological polar surface area (TPSA) is 61.1 Å². The van der Waals surface area contributed by atoms with E-state index in [2.05, 4.69) is 16.9 Å². The highest BCUT2D eigenvalue weighted by atomic mass is 32.1. The van der Waals surface area contributed by atoms with Gasteiger partial charge in [-0.15, -0.1) is 11.3 Å². The van der Waals surface area contributed by atoms with E-state index >= 15 is 0 Å². The van der Waals surface area contributed by atoms with Gasteiger partial charge in [0.05, 0.1) is 0 Å². The summed E-state index contributed by atoms with van der Waals surface area (Å²) in [6, 6.07) is 0.316. The Bertz CT molecular complexity index is 635. The van der Waals surface area contributed by atoms with Crippen LogP contribution in [0.5, 0.6) is 0 Å². The van der Waals surface area contributed by atoms with Gasteiger partial charge < -0.3 is 14.9 Å². The van der Waals surface area contributed by atoms with Crippen LogP contribution in [0.4, 0.5) is 5.82 Å². The SMILES string of the molecule is CN1CCCC(N(C)c2nc3sccn3c2C(=O)O)C1. The highest BCUT2D eigenvalue weighted by Gasteiger charge is 2.28. The summed E-state index contributed by atoms with van der Waals surface area (Å²) < 4.78 is 1.66. The lowest BCUT2D eigenvalue weighted by Gasteiger charge is -2.36. The highest BCUT2D eigenvalue weighted by Crippen LogP contribution is 2.27. The molecule has 1 aliphatic heterocycles. The van der Waals surface area contributed by atoms with Crippen molar-refractivity contribution in [2.24, 2.45) is 0 Å². The standard InChI is InChI=1S/C13H18N4O2S/c1-15-5-3-4-9(8-15)16(2)11-10(12(18)19)17-6-7-20-13(17)14-11/h6-7,9H,3-5,8H2,1-2H3,(H,18,19). The van der Waals surface area contributed by atoms with E-state index in [-0.39, 0.29) is 5.69 Å². The van der Waals surface area contributed by atoms with E-state index in [1.807, 2.05) is 17.3 Å². The molecule has 6 nitrogen and oxygen atoms in total. The predicted octanol–water partition coefficient (Wildman–Crippen LogP) is 1.62. The van der Waals surface area contributed by atoms with Gasteiger partial charge in [0.1, 0.15) is 0 Å². The van der Waals surface area contributed by atoms with E-state index in [1.165, 1.54) is 11.3 Å². The number of rotatable bonds is 3. The summed E-state index contributed by atoms with van der Waals surface area (Å²) in [5.74, 6) is -0.355. The first-order chi connectivity index (χ1) is 9.58. The van der Waals surface area contributed by atoms with Crippen LogP contribution in [0.25, 0.3) is 4.96 Å². The summed E-state index contributed by atoms with van der Waals surface area (Å²) in [4.78, 5) is 21.1. The predicted molar refractivity (Wildman–Crippen MR) is 79.0 cm³/mol. The second-order valence-corrected chi connectivity index (χ2v) is 6.19. The summed E-state index contributed by atoms with van der Waals surface area (Å²) in [6.45, 7) is 2.05. The number of carboxylic acid groups (broad SMARTS) is 1. The van der Waals surface area contributed by atoms with Gasteiger partial charge >= 0.3 is 5.97 Å². The Hall–Kier alpha value is -1.60. The average molecular weight is 294 g/mol. The number of hydrogen-bond donors (Lipinski definition) is 1. The molecule has 1 N–H and O–H groups in total. The third-order valence-corrected chi connectivity index (χ3v) is 4.68. The second kappa shape index (κ2) is 5.06. The van der Waals surface area contributed by atoms with Gasteiger partial charge in [-0.25, -0.2) is 9.78 Å². The van der Waals surface area contributed by atoms with Gasteiger partial charge in [-0.3, -0.25) is 4.40 Å². The van der Waals surface area contributed by atoms with Gasteiger partial charge in [0.25, 0.3) is 0 Å². The molecule has 2 aromatic heterocycles. The summed E-state index contributed by atoms with van der Waals surface area (Å²) in [6.07, 6.45) is 3.97. The number of anilines is 1. The number of hydrogen-bond acceptors (Lipinski definition) is 5. The maximum atomic E-state index is 11.6. The molecule has 0 spiro atoms. The Balaban J connectivity index is 1.98. The highest BCUT2D eigenvalue weighted by molar-refractivity contribution is 7.15. The van der Waals surface area contributed by atoms with Gasteiger partial charge in [-0.1, -0.05) is 0 Å². The van der Waals surface area contributed by atoms with Gasteiger partial charge in [-0.05, 0) is 26.4 Å². The molecule has 0 aromatic carbocycles. The molecule has 1 aliphatic rings. The Kier molecular flexibility index (Phi) is 3.39. The molecule has 7 heteroatoms. The molecule has 1 unspecified atom stereocenters. The molecule has 2 aromatic rings. The fourth-order valence-corrected chi connectivity index (χ4v) is 3.56. The number of piperidine rings is 1. The second-order valence-electron chi connectivity index (χ2n) is 5.31. The first-order valence-electron chi connectivity index (χ1n) is 6.68. The Morgan fingerprint density at radius 1 is 1.60 bits per heavy atom. The van der Waals surface area contributed by atoms with Gasteiger partial charge in [0.2, 0.25) is 0 Å². The van der Waals surface area contributed by atoms with Crippen molar-refractivity contribution in [3.05, 3.63) is 17.3 Å². The molecule has 0 aliphatic carbocycles. The quantitative estimate of drug-likeness (QED) is 0.932. The van der Waals surface area contributed by atoms with Crippen LogP contribution in [0.2, 0.25) is 0 Å². The van der Waals surface area contributed by atoms with E-state index in [0.29, 0.717) is 11.9 Å². The Morgan fingerprint density at radius 3 is 3.10 bits per heavy atom. The number of carbonyl (C=O) groups is 1. The van der Waals surface area contributed by atoms with Crippen LogP contribution in [-0.4, -0.2) is 58.6 Å². The number of likely N-dealkylation sites (N-methyl/N-ethyl adjacent to an activating group) is 2. The molecule has 3 heterocycles. The molecule has 1 saturated heterocycles. The van der Waals surface area contributed by atoms with E-state index in [0.717, 1.165) is 30.9 Å². The van der Waals surface area contributed by atoms with E-state index in [4.69, 9.17) is 0 Å². The van der Waals surface area contributed by atoms with Crippen molar-refractivity contribution in [3.8, 4) is 0 Å². The number of aromatic nitrogens is 2. The number of aromatic carboxylic acids is 1. The molecule has 0 saturated carbocycles. The number of carboxylic acids is 1. The molecular formula is C13H18N4O2S. The maximum absolute atomic E-state index is 11.6. The van der Waals surface area contributed by atoms with Crippen molar-refractivity contribution >= 4 is 28.1 Å². The first kappa shape index (κ1) is 13.4. The van der Waals surface area contributed by atoms with Crippen molar-refractivity contribution in [1.82, 2.24) is 14.3 Å². The smallest absolute Gasteiger partial charge is 0.356 e. The zero-order valence-electron chi connectivity index (χ0n) is 11.6. The largest absolute Gasteiger partial charge is 0.476 e. The third kappa shape index (κ3) is 2.16. The minimum atomic E-state index is -0.929. The summed E-state index contributed by atoms with van der Waals surface area (Å²) >= 11 is 1.46. The molecular weight excluding hydrogens is 276 g/mol.